The Labute approximate surface area is 194 Å². The van der Waals surface area contributed by atoms with Gasteiger partial charge in [0.2, 0.25) is 0 Å². The average Bonchev–Trinajstić information content (AvgIpc) is 2.71. The van der Waals surface area contributed by atoms with Crippen molar-refractivity contribution in [2.45, 2.75) is 66.7 Å². The van der Waals surface area contributed by atoms with Gasteiger partial charge in [-0.05, 0) is 17.5 Å². The third kappa shape index (κ3) is 5.26. The average molecular weight is 616 g/mol. The minimum atomic E-state index is -8.95. The molecule has 0 saturated heterocycles. The summed E-state index contributed by atoms with van der Waals surface area (Å²) in [5.41, 5.74) is 0. The van der Waals surface area contributed by atoms with Gasteiger partial charge in [-0.25, -0.2) is 8.42 Å². The highest BCUT2D eigenvalue weighted by Gasteiger charge is 2.96. The molecule has 0 rings (SSSR count). The molecular formula is C14H14F18N2O2S. The van der Waals surface area contributed by atoms with Crippen LogP contribution in [-0.2, 0) is 10.0 Å². The number of nitrogens with zero attached hydrogens (tertiary/aromatic N) is 1. The van der Waals surface area contributed by atoms with Gasteiger partial charge in [0.1, 0.15) is 0 Å². The molecule has 224 valence electrons. The van der Waals surface area contributed by atoms with E-state index < -0.39 is 74.6 Å². The molecular weight excluding hydrogens is 602 g/mol. The van der Waals surface area contributed by atoms with Gasteiger partial charge >= 0.3 is 57.0 Å². The molecule has 1 N–H and O–H groups in total. The molecule has 23 heteroatoms. The molecule has 0 spiro atoms. The van der Waals surface area contributed by atoms with E-state index in [1.807, 2.05) is 0 Å². The Balaban J connectivity index is 6.58. The van der Waals surface area contributed by atoms with Crippen LogP contribution >= 0.6 is 0 Å². The lowest BCUT2D eigenvalue weighted by Crippen LogP contribution is -2.75. The predicted molar refractivity (Wildman–Crippen MR) is 85.2 cm³/mol. The van der Waals surface area contributed by atoms with E-state index in [1.165, 1.54) is 0 Å². The molecule has 0 amide bonds. The Morgan fingerprint density at radius 3 is 1.30 bits per heavy atom. The third-order valence-corrected chi connectivity index (χ3v) is 6.06. The maximum absolute atomic E-state index is 13.8. The van der Waals surface area contributed by atoms with Crippen molar-refractivity contribution in [1.29, 1.82) is 0 Å². The summed E-state index contributed by atoms with van der Waals surface area (Å²) < 4.78 is 258. The summed E-state index contributed by atoms with van der Waals surface area (Å²) in [6.07, 6.45) is -7.20. The zero-order chi connectivity index (χ0) is 30.3. The van der Waals surface area contributed by atoms with Crippen LogP contribution in [-0.4, -0.2) is 79.5 Å². The zero-order valence-electron chi connectivity index (χ0n) is 17.5. The highest BCUT2D eigenvalue weighted by molar-refractivity contribution is 7.90. The molecule has 0 atom stereocenters. The largest absolute Gasteiger partial charge is 0.460 e. The second-order valence-corrected chi connectivity index (χ2v) is 8.94. The molecule has 0 aliphatic carbocycles. The van der Waals surface area contributed by atoms with E-state index in [0.29, 0.717) is 6.42 Å². The first-order chi connectivity index (χ1) is 16.0. The second kappa shape index (κ2) is 10.3. The Morgan fingerprint density at radius 2 is 0.946 bits per heavy atom. The Bertz CT molecular complexity index is 885. The summed E-state index contributed by atoms with van der Waals surface area (Å²) in [7, 11) is -7.90. The highest BCUT2D eigenvalue weighted by atomic mass is 32.2. The van der Waals surface area contributed by atoms with Gasteiger partial charge in [0.15, 0.2) is 0 Å². The van der Waals surface area contributed by atoms with Crippen molar-refractivity contribution < 1.29 is 87.5 Å². The SMILES string of the molecule is CCCCNCCN(F)S(=O)(=O)C(F)(F)C(F)(F)C(F)(F)C(F)(F)C(F)(F)C(F)(F)C(F)(F)C(F)(F)F. The fraction of sp³-hybridized carbons (Fsp3) is 1.00. The molecule has 0 aliphatic rings. The first-order valence-electron chi connectivity index (χ1n) is 9.08. The van der Waals surface area contributed by atoms with Gasteiger partial charge < -0.3 is 5.32 Å². The molecule has 0 unspecified atom stereocenters. The van der Waals surface area contributed by atoms with E-state index in [2.05, 4.69) is 5.32 Å². The van der Waals surface area contributed by atoms with E-state index in [9.17, 15) is 87.5 Å². The number of rotatable bonds is 14. The molecule has 0 aromatic rings. The summed E-state index contributed by atoms with van der Waals surface area (Å²) in [6, 6.07) is 0. The van der Waals surface area contributed by atoms with Gasteiger partial charge in [0, 0.05) is 6.54 Å². The molecule has 4 nitrogen and oxygen atoms in total. The van der Waals surface area contributed by atoms with Crippen molar-refractivity contribution in [3.05, 3.63) is 0 Å². The molecule has 0 aromatic heterocycles. The summed E-state index contributed by atoms with van der Waals surface area (Å²) in [4.78, 5) is 0. The number of unbranched alkanes of at least 4 members (excludes halogenated alkanes) is 1. The molecule has 0 radical (unpaired) electrons. The monoisotopic (exact) mass is 616 g/mol. The lowest BCUT2D eigenvalue weighted by atomic mass is 9.91. The summed E-state index contributed by atoms with van der Waals surface area (Å²) in [5, 5.41) is -5.80. The van der Waals surface area contributed by atoms with Crippen LogP contribution in [0.5, 0.6) is 0 Å². The first kappa shape index (κ1) is 35.6. The lowest BCUT2D eigenvalue weighted by Gasteiger charge is -2.42. The van der Waals surface area contributed by atoms with Crippen LogP contribution in [0.4, 0.5) is 79.1 Å². The minimum Gasteiger partial charge on any atom is -0.315 e. The Morgan fingerprint density at radius 1 is 0.595 bits per heavy atom. The number of halogens is 18. The fourth-order valence-electron chi connectivity index (χ4n) is 2.15. The van der Waals surface area contributed by atoms with Crippen LogP contribution in [0, 0.1) is 0 Å². The highest BCUT2D eigenvalue weighted by Crippen LogP contribution is 2.64. The summed E-state index contributed by atoms with van der Waals surface area (Å²) >= 11 is 0. The molecule has 0 fully saturated rings. The van der Waals surface area contributed by atoms with E-state index in [1.54, 1.807) is 6.92 Å². The van der Waals surface area contributed by atoms with Gasteiger partial charge in [-0.15, -0.1) is 4.48 Å². The van der Waals surface area contributed by atoms with Gasteiger partial charge in [-0.1, -0.05) is 13.3 Å². The standard InChI is InChI=1S/C14H14F18N2O2S/c1-2-3-4-33-5-6-34(32)37(35,36)14(30,31)12(25,26)10(21,22)8(17,18)7(15,16)9(19,20)11(23,24)13(27,28)29/h33H,2-6H2,1H3. The fourth-order valence-corrected chi connectivity index (χ4v) is 3.18. The third-order valence-electron chi connectivity index (χ3n) is 4.45. The summed E-state index contributed by atoms with van der Waals surface area (Å²) in [6.45, 7) is -1.46. The van der Waals surface area contributed by atoms with E-state index >= 15 is 0 Å². The molecule has 37 heavy (non-hydrogen) atoms. The second-order valence-electron chi connectivity index (χ2n) is 7.08. The minimum absolute atomic E-state index is 0.0902. The first-order valence-corrected chi connectivity index (χ1v) is 10.5. The van der Waals surface area contributed by atoms with Crippen molar-refractivity contribution in [2.24, 2.45) is 0 Å². The number of hydrogen-bond acceptors (Lipinski definition) is 3. The molecule has 0 aromatic carbocycles. The molecule has 0 bridgehead atoms. The van der Waals surface area contributed by atoms with Crippen LogP contribution in [0.2, 0.25) is 0 Å². The number of nitrogens with one attached hydrogen (secondary N) is 1. The van der Waals surface area contributed by atoms with Gasteiger partial charge in [0.25, 0.3) is 0 Å². The topological polar surface area (TPSA) is 49.4 Å². The van der Waals surface area contributed by atoms with E-state index in [0.717, 1.165) is 0 Å². The zero-order valence-corrected chi connectivity index (χ0v) is 18.3. The van der Waals surface area contributed by atoms with Gasteiger partial charge in [-0.2, -0.15) is 74.6 Å². The van der Waals surface area contributed by atoms with Crippen LogP contribution < -0.4 is 5.32 Å². The number of alkyl halides is 17. The number of sulfonamides is 1. The van der Waals surface area contributed by atoms with E-state index in [-0.39, 0.29) is 13.0 Å². The Kier molecular flexibility index (Phi) is 9.91. The summed E-state index contributed by atoms with van der Waals surface area (Å²) in [5.74, 6) is -52.3. The predicted octanol–water partition coefficient (Wildman–Crippen LogP) is 5.86. The van der Waals surface area contributed by atoms with Crippen LogP contribution in [0.25, 0.3) is 0 Å². The van der Waals surface area contributed by atoms with Crippen molar-refractivity contribution in [3.63, 3.8) is 0 Å². The van der Waals surface area contributed by atoms with Crippen molar-refractivity contribution in [2.75, 3.05) is 19.6 Å². The maximum atomic E-state index is 13.8. The molecule has 0 heterocycles. The lowest BCUT2D eigenvalue weighted by molar-refractivity contribution is -0.458. The van der Waals surface area contributed by atoms with Crippen LogP contribution in [0.3, 0.4) is 0 Å². The van der Waals surface area contributed by atoms with Crippen LogP contribution in [0.1, 0.15) is 19.8 Å². The van der Waals surface area contributed by atoms with Gasteiger partial charge in [0.05, 0.1) is 6.54 Å². The normalized spacial score (nSPS) is 16.0. The van der Waals surface area contributed by atoms with Gasteiger partial charge in [-0.3, -0.25) is 0 Å². The van der Waals surface area contributed by atoms with Crippen molar-refractivity contribution >= 4 is 10.0 Å². The number of hydrogen-bond donors (Lipinski definition) is 1. The molecule has 0 saturated carbocycles. The molecule has 0 aliphatic heterocycles. The van der Waals surface area contributed by atoms with Crippen molar-refractivity contribution in [1.82, 2.24) is 9.84 Å². The smallest absolute Gasteiger partial charge is 0.315 e. The van der Waals surface area contributed by atoms with Crippen molar-refractivity contribution in [3.8, 4) is 0 Å². The maximum Gasteiger partial charge on any atom is 0.460 e. The van der Waals surface area contributed by atoms with Crippen LogP contribution in [0.15, 0.2) is 0 Å². The quantitative estimate of drug-likeness (QED) is 0.151. The van der Waals surface area contributed by atoms with E-state index in [4.69, 9.17) is 0 Å². The Hall–Kier alpha value is -1.39.